The van der Waals surface area contributed by atoms with Crippen molar-refractivity contribution in [1.82, 2.24) is 0 Å². The molecule has 0 spiro atoms. The lowest BCUT2D eigenvalue weighted by Crippen LogP contribution is -2.13. The Bertz CT molecular complexity index is 764. The maximum absolute atomic E-state index is 12.3. The second kappa shape index (κ2) is 7.28. The molecular weight excluding hydrogens is 288 g/mol. The van der Waals surface area contributed by atoms with E-state index in [9.17, 15) is 10.1 Å². The van der Waals surface area contributed by atoms with Gasteiger partial charge in [0.15, 0.2) is 0 Å². The minimum atomic E-state index is -0.423. The predicted octanol–water partition coefficient (Wildman–Crippen LogP) is 3.86. The lowest BCUT2D eigenvalue weighted by atomic mass is 10.1. The fourth-order valence-corrected chi connectivity index (χ4v) is 2.26. The van der Waals surface area contributed by atoms with E-state index in [-0.39, 0.29) is 5.57 Å². The molecule has 0 aliphatic rings. The second-order valence-electron chi connectivity index (χ2n) is 5.27. The summed E-state index contributed by atoms with van der Waals surface area (Å²) < 4.78 is 5.08. The number of hydrogen-bond acceptors (Lipinski definition) is 3. The van der Waals surface area contributed by atoms with Crippen LogP contribution in [0.4, 0.5) is 5.69 Å². The second-order valence-corrected chi connectivity index (χ2v) is 5.27. The van der Waals surface area contributed by atoms with Crippen LogP contribution >= 0.6 is 0 Å². The van der Waals surface area contributed by atoms with Crippen LogP contribution in [0.3, 0.4) is 0 Å². The molecule has 2 rings (SSSR count). The number of benzene rings is 2. The highest BCUT2D eigenvalue weighted by Crippen LogP contribution is 2.17. The highest BCUT2D eigenvalue weighted by molar-refractivity contribution is 6.09. The normalized spacial score (nSPS) is 10.8. The number of nitriles is 1. The van der Waals surface area contributed by atoms with Crippen LogP contribution in [0, 0.1) is 25.2 Å². The van der Waals surface area contributed by atoms with Gasteiger partial charge in [0.25, 0.3) is 5.91 Å². The summed E-state index contributed by atoms with van der Waals surface area (Å²) in [5, 5.41) is 12.0. The fourth-order valence-electron chi connectivity index (χ4n) is 2.26. The Labute approximate surface area is 136 Å². The summed E-state index contributed by atoms with van der Waals surface area (Å²) in [6.45, 7) is 3.92. The lowest BCUT2D eigenvalue weighted by molar-refractivity contribution is -0.112. The summed E-state index contributed by atoms with van der Waals surface area (Å²) in [6.07, 6.45) is 1.55. The van der Waals surface area contributed by atoms with E-state index in [1.54, 1.807) is 37.5 Å². The first-order chi connectivity index (χ1) is 11.0. The minimum absolute atomic E-state index is 0.0503. The topological polar surface area (TPSA) is 62.1 Å². The summed E-state index contributed by atoms with van der Waals surface area (Å²) >= 11 is 0. The smallest absolute Gasteiger partial charge is 0.266 e. The van der Waals surface area contributed by atoms with Crippen molar-refractivity contribution < 1.29 is 9.53 Å². The van der Waals surface area contributed by atoms with Gasteiger partial charge in [-0.1, -0.05) is 18.2 Å². The molecule has 0 aliphatic heterocycles. The zero-order chi connectivity index (χ0) is 16.8. The Hall–Kier alpha value is -3.06. The molecule has 1 amide bonds. The molecule has 4 nitrogen and oxygen atoms in total. The number of ether oxygens (including phenoxy) is 1. The molecule has 0 heterocycles. The largest absolute Gasteiger partial charge is 0.497 e. The Morgan fingerprint density at radius 3 is 2.26 bits per heavy atom. The number of rotatable bonds is 4. The first-order valence-corrected chi connectivity index (χ1v) is 7.17. The van der Waals surface area contributed by atoms with Crippen molar-refractivity contribution in [3.05, 3.63) is 64.7 Å². The number of hydrogen-bond donors (Lipinski definition) is 1. The average Bonchev–Trinajstić information content (AvgIpc) is 2.52. The molecule has 2 aromatic rings. The molecule has 0 radical (unpaired) electrons. The number of carbonyl (C=O) groups is 1. The highest BCUT2D eigenvalue weighted by Gasteiger charge is 2.10. The maximum Gasteiger partial charge on any atom is 0.266 e. The molecule has 0 fully saturated rings. The van der Waals surface area contributed by atoms with Gasteiger partial charge in [0.1, 0.15) is 17.4 Å². The van der Waals surface area contributed by atoms with E-state index in [0.29, 0.717) is 5.69 Å². The molecule has 0 saturated carbocycles. The SMILES string of the molecule is COc1ccc(/C=C(\C#N)C(=O)Nc2cc(C)cc(C)c2)cc1. The third kappa shape index (κ3) is 4.45. The van der Waals surface area contributed by atoms with Gasteiger partial charge in [0.05, 0.1) is 7.11 Å². The van der Waals surface area contributed by atoms with Gasteiger partial charge in [-0.15, -0.1) is 0 Å². The maximum atomic E-state index is 12.3. The van der Waals surface area contributed by atoms with Crippen LogP contribution in [0.25, 0.3) is 6.08 Å². The van der Waals surface area contributed by atoms with Gasteiger partial charge in [0.2, 0.25) is 0 Å². The zero-order valence-electron chi connectivity index (χ0n) is 13.4. The Morgan fingerprint density at radius 1 is 1.13 bits per heavy atom. The fraction of sp³-hybridized carbons (Fsp3) is 0.158. The van der Waals surface area contributed by atoms with E-state index in [4.69, 9.17) is 4.74 Å². The van der Waals surface area contributed by atoms with Crippen molar-refractivity contribution in [2.24, 2.45) is 0 Å². The third-order valence-electron chi connectivity index (χ3n) is 3.27. The molecule has 0 atom stereocenters. The number of amides is 1. The molecule has 0 aromatic heterocycles. The molecule has 4 heteroatoms. The Morgan fingerprint density at radius 2 is 1.74 bits per heavy atom. The van der Waals surface area contributed by atoms with Gasteiger partial charge in [-0.3, -0.25) is 4.79 Å². The zero-order valence-corrected chi connectivity index (χ0v) is 13.4. The quantitative estimate of drug-likeness (QED) is 0.689. The van der Waals surface area contributed by atoms with Crippen LogP contribution in [0.2, 0.25) is 0 Å². The van der Waals surface area contributed by atoms with Crippen LogP contribution in [0.15, 0.2) is 48.0 Å². The van der Waals surface area contributed by atoms with Gasteiger partial charge in [-0.25, -0.2) is 0 Å². The molecular formula is C19H18N2O2. The number of carbonyl (C=O) groups excluding carboxylic acids is 1. The van der Waals surface area contributed by atoms with Gasteiger partial charge < -0.3 is 10.1 Å². The number of aryl methyl sites for hydroxylation is 2. The molecule has 0 aliphatic carbocycles. The molecule has 0 unspecified atom stereocenters. The van der Waals surface area contributed by atoms with Crippen molar-refractivity contribution in [2.45, 2.75) is 13.8 Å². The first-order valence-electron chi connectivity index (χ1n) is 7.17. The Kier molecular flexibility index (Phi) is 5.16. The van der Waals surface area contributed by atoms with Crippen LogP contribution in [-0.2, 0) is 4.79 Å². The standard InChI is InChI=1S/C19H18N2O2/c1-13-8-14(2)10-17(9-13)21-19(22)16(12-20)11-15-4-6-18(23-3)7-5-15/h4-11H,1-3H3,(H,21,22)/b16-11+. The highest BCUT2D eigenvalue weighted by atomic mass is 16.5. The van der Waals surface area contributed by atoms with E-state index >= 15 is 0 Å². The molecule has 116 valence electrons. The summed E-state index contributed by atoms with van der Waals surface area (Å²) in [7, 11) is 1.59. The van der Waals surface area contributed by atoms with E-state index in [2.05, 4.69) is 5.32 Å². The van der Waals surface area contributed by atoms with Crippen molar-refractivity contribution in [3.63, 3.8) is 0 Å². The van der Waals surface area contributed by atoms with Gasteiger partial charge in [-0.05, 0) is 60.9 Å². The van der Waals surface area contributed by atoms with E-state index in [0.717, 1.165) is 22.4 Å². The van der Waals surface area contributed by atoms with Gasteiger partial charge >= 0.3 is 0 Å². The monoisotopic (exact) mass is 306 g/mol. The predicted molar refractivity (Wildman–Crippen MR) is 91.1 cm³/mol. The molecule has 0 saturated heterocycles. The number of methoxy groups -OCH3 is 1. The average molecular weight is 306 g/mol. The van der Waals surface area contributed by atoms with Crippen molar-refractivity contribution in [1.29, 1.82) is 5.26 Å². The van der Waals surface area contributed by atoms with Crippen molar-refractivity contribution in [2.75, 3.05) is 12.4 Å². The minimum Gasteiger partial charge on any atom is -0.497 e. The van der Waals surface area contributed by atoms with E-state index in [1.165, 1.54) is 0 Å². The number of nitrogens with one attached hydrogen (secondary N) is 1. The van der Waals surface area contributed by atoms with Crippen molar-refractivity contribution in [3.8, 4) is 11.8 Å². The van der Waals surface area contributed by atoms with Crippen molar-refractivity contribution >= 4 is 17.7 Å². The number of anilines is 1. The lowest BCUT2D eigenvalue weighted by Gasteiger charge is -2.07. The molecule has 2 aromatic carbocycles. The molecule has 1 N–H and O–H groups in total. The van der Waals surface area contributed by atoms with Crippen LogP contribution in [0.5, 0.6) is 5.75 Å². The van der Waals surface area contributed by atoms with Gasteiger partial charge in [-0.2, -0.15) is 5.26 Å². The van der Waals surface area contributed by atoms with Crippen LogP contribution < -0.4 is 10.1 Å². The summed E-state index contributed by atoms with van der Waals surface area (Å²) in [6, 6.07) is 14.8. The van der Waals surface area contributed by atoms with E-state index in [1.807, 2.05) is 38.1 Å². The molecule has 23 heavy (non-hydrogen) atoms. The number of nitrogens with zero attached hydrogens (tertiary/aromatic N) is 1. The van der Waals surface area contributed by atoms with E-state index < -0.39 is 5.91 Å². The summed E-state index contributed by atoms with van der Waals surface area (Å²) in [5.41, 5.74) is 3.60. The summed E-state index contributed by atoms with van der Waals surface area (Å²) in [5.74, 6) is 0.300. The summed E-state index contributed by atoms with van der Waals surface area (Å²) in [4.78, 5) is 12.3. The van der Waals surface area contributed by atoms with Crippen LogP contribution in [0.1, 0.15) is 16.7 Å². The molecule has 0 bridgehead atoms. The van der Waals surface area contributed by atoms with Crippen LogP contribution in [-0.4, -0.2) is 13.0 Å². The van der Waals surface area contributed by atoms with Gasteiger partial charge in [0, 0.05) is 5.69 Å². The third-order valence-corrected chi connectivity index (χ3v) is 3.27. The Balaban J connectivity index is 2.20. The first kappa shape index (κ1) is 16.3.